The molecule has 0 aromatic carbocycles. The Kier molecular flexibility index (Phi) is 2.94. The summed E-state index contributed by atoms with van der Waals surface area (Å²) in [4.78, 5) is 9.94. The fourth-order valence-electron chi connectivity index (χ4n) is 1.19. The van der Waals surface area contributed by atoms with E-state index in [0.29, 0.717) is 5.92 Å². The highest BCUT2D eigenvalue weighted by atomic mass is 16.1. The minimum atomic E-state index is 0.607. The fraction of sp³-hybridized carbons (Fsp3) is 0.444. The Hall–Kier alpha value is -0.850. The van der Waals surface area contributed by atoms with Crippen LogP contribution in [0.1, 0.15) is 19.3 Å². The number of carbonyl (C=O) groups is 1. The summed E-state index contributed by atoms with van der Waals surface area (Å²) in [7, 11) is 0. The Morgan fingerprint density at radius 3 is 2.90 bits per heavy atom. The standard InChI is InChI=1S/C9H12O/c10-8-4-7-9-5-2-1-3-6-9/h1-2,4,7-9H,3,5-6H2/b7-4+/t9-/m1/s1. The summed E-state index contributed by atoms with van der Waals surface area (Å²) in [6.07, 6.45) is 12.3. The highest BCUT2D eigenvalue weighted by Crippen LogP contribution is 2.18. The number of carbonyl (C=O) groups excluding carboxylic acids is 1. The molecule has 0 unspecified atom stereocenters. The van der Waals surface area contributed by atoms with Gasteiger partial charge in [-0.2, -0.15) is 0 Å². The first-order chi connectivity index (χ1) is 4.93. The first-order valence-electron chi connectivity index (χ1n) is 3.70. The summed E-state index contributed by atoms with van der Waals surface area (Å²) in [5.74, 6) is 0.607. The van der Waals surface area contributed by atoms with Crippen LogP contribution >= 0.6 is 0 Å². The van der Waals surface area contributed by atoms with Gasteiger partial charge in [-0.1, -0.05) is 18.2 Å². The highest BCUT2D eigenvalue weighted by molar-refractivity contribution is 5.64. The maximum Gasteiger partial charge on any atom is 0.142 e. The van der Waals surface area contributed by atoms with Crippen molar-refractivity contribution >= 4 is 6.29 Å². The number of aldehydes is 1. The van der Waals surface area contributed by atoms with Crippen LogP contribution in [0.4, 0.5) is 0 Å². The van der Waals surface area contributed by atoms with E-state index in [1.165, 1.54) is 6.42 Å². The van der Waals surface area contributed by atoms with Crippen LogP contribution in [-0.4, -0.2) is 6.29 Å². The lowest BCUT2D eigenvalue weighted by Gasteiger charge is -2.11. The van der Waals surface area contributed by atoms with Gasteiger partial charge in [0.2, 0.25) is 0 Å². The zero-order chi connectivity index (χ0) is 7.23. The molecule has 1 nitrogen and oxygen atoms in total. The second-order valence-corrected chi connectivity index (χ2v) is 2.57. The normalized spacial score (nSPS) is 25.4. The molecule has 10 heavy (non-hydrogen) atoms. The second-order valence-electron chi connectivity index (χ2n) is 2.57. The Balaban J connectivity index is 2.34. The lowest BCUT2D eigenvalue weighted by molar-refractivity contribution is -0.104. The van der Waals surface area contributed by atoms with Crippen molar-refractivity contribution < 1.29 is 4.79 Å². The molecule has 0 aliphatic heterocycles. The predicted molar refractivity (Wildman–Crippen MR) is 41.7 cm³/mol. The Bertz CT molecular complexity index is 156. The molecule has 0 saturated heterocycles. The topological polar surface area (TPSA) is 17.1 Å². The SMILES string of the molecule is O=C/C=C/[C@@H]1CC=CCC1. The van der Waals surface area contributed by atoms with E-state index in [-0.39, 0.29) is 0 Å². The molecule has 0 spiro atoms. The molecule has 0 bridgehead atoms. The summed E-state index contributed by atoms with van der Waals surface area (Å²) in [5, 5.41) is 0. The monoisotopic (exact) mass is 136 g/mol. The number of hydrogen-bond acceptors (Lipinski definition) is 1. The van der Waals surface area contributed by atoms with Crippen molar-refractivity contribution in [1.29, 1.82) is 0 Å². The van der Waals surface area contributed by atoms with Crippen molar-refractivity contribution in [2.45, 2.75) is 19.3 Å². The zero-order valence-corrected chi connectivity index (χ0v) is 5.99. The molecule has 1 heteroatoms. The van der Waals surface area contributed by atoms with Crippen LogP contribution < -0.4 is 0 Å². The predicted octanol–water partition coefficient (Wildman–Crippen LogP) is 2.10. The molecule has 0 radical (unpaired) electrons. The van der Waals surface area contributed by atoms with Crippen LogP contribution in [0.25, 0.3) is 0 Å². The van der Waals surface area contributed by atoms with Crippen molar-refractivity contribution in [3.63, 3.8) is 0 Å². The molecule has 0 aromatic heterocycles. The van der Waals surface area contributed by atoms with E-state index in [0.717, 1.165) is 19.1 Å². The third-order valence-corrected chi connectivity index (χ3v) is 1.77. The largest absolute Gasteiger partial charge is 0.299 e. The quantitative estimate of drug-likeness (QED) is 0.323. The molecule has 0 saturated carbocycles. The van der Waals surface area contributed by atoms with Crippen LogP contribution in [0.15, 0.2) is 24.3 Å². The summed E-state index contributed by atoms with van der Waals surface area (Å²) < 4.78 is 0. The molecule has 0 fully saturated rings. The smallest absolute Gasteiger partial charge is 0.142 e. The molecule has 1 atom stereocenters. The van der Waals surface area contributed by atoms with E-state index >= 15 is 0 Å². The lowest BCUT2D eigenvalue weighted by Crippen LogP contribution is -1.97. The van der Waals surface area contributed by atoms with E-state index in [4.69, 9.17) is 0 Å². The molecular weight excluding hydrogens is 124 g/mol. The van der Waals surface area contributed by atoms with Crippen LogP contribution in [0.2, 0.25) is 0 Å². The van der Waals surface area contributed by atoms with Crippen molar-refractivity contribution in [3.8, 4) is 0 Å². The van der Waals surface area contributed by atoms with Crippen molar-refractivity contribution in [1.82, 2.24) is 0 Å². The average Bonchev–Trinajstić information content (AvgIpc) is 2.03. The van der Waals surface area contributed by atoms with E-state index in [1.807, 2.05) is 6.08 Å². The van der Waals surface area contributed by atoms with E-state index < -0.39 is 0 Å². The van der Waals surface area contributed by atoms with Crippen LogP contribution in [-0.2, 0) is 4.79 Å². The summed E-state index contributed by atoms with van der Waals surface area (Å²) in [6.45, 7) is 0. The second kappa shape index (κ2) is 4.04. The van der Waals surface area contributed by atoms with Gasteiger partial charge in [0.05, 0.1) is 0 Å². The van der Waals surface area contributed by atoms with Gasteiger partial charge in [0.25, 0.3) is 0 Å². The molecule has 0 heterocycles. The van der Waals surface area contributed by atoms with Gasteiger partial charge < -0.3 is 0 Å². The highest BCUT2D eigenvalue weighted by Gasteiger charge is 2.04. The maximum absolute atomic E-state index is 9.94. The molecule has 1 rings (SSSR count). The number of hydrogen-bond donors (Lipinski definition) is 0. The maximum atomic E-state index is 9.94. The number of rotatable bonds is 2. The lowest BCUT2D eigenvalue weighted by atomic mass is 9.94. The van der Waals surface area contributed by atoms with E-state index in [1.54, 1.807) is 6.08 Å². The molecule has 0 N–H and O–H groups in total. The average molecular weight is 136 g/mol. The van der Waals surface area contributed by atoms with E-state index in [2.05, 4.69) is 12.2 Å². The van der Waals surface area contributed by atoms with E-state index in [9.17, 15) is 4.79 Å². The van der Waals surface area contributed by atoms with Crippen molar-refractivity contribution in [2.75, 3.05) is 0 Å². The van der Waals surface area contributed by atoms with Crippen LogP contribution in [0.3, 0.4) is 0 Å². The molecule has 1 aliphatic carbocycles. The van der Waals surface area contributed by atoms with Gasteiger partial charge in [0.1, 0.15) is 6.29 Å². The summed E-state index contributed by atoms with van der Waals surface area (Å²) >= 11 is 0. The van der Waals surface area contributed by atoms with Gasteiger partial charge in [0, 0.05) is 0 Å². The van der Waals surface area contributed by atoms with Gasteiger partial charge in [-0.3, -0.25) is 4.79 Å². The minimum absolute atomic E-state index is 0.607. The minimum Gasteiger partial charge on any atom is -0.299 e. The van der Waals surface area contributed by atoms with Gasteiger partial charge in [-0.15, -0.1) is 0 Å². The molecule has 1 aliphatic rings. The van der Waals surface area contributed by atoms with Gasteiger partial charge in [0.15, 0.2) is 0 Å². The summed E-state index contributed by atoms with van der Waals surface area (Å²) in [5.41, 5.74) is 0. The van der Waals surface area contributed by atoms with Gasteiger partial charge in [-0.05, 0) is 31.3 Å². The molecular formula is C9H12O. The third kappa shape index (κ3) is 2.18. The first-order valence-corrected chi connectivity index (χ1v) is 3.70. The van der Waals surface area contributed by atoms with Gasteiger partial charge >= 0.3 is 0 Å². The molecule has 54 valence electrons. The zero-order valence-electron chi connectivity index (χ0n) is 5.99. The van der Waals surface area contributed by atoms with Crippen molar-refractivity contribution in [2.24, 2.45) is 5.92 Å². The first kappa shape index (κ1) is 7.26. The van der Waals surface area contributed by atoms with Crippen molar-refractivity contribution in [3.05, 3.63) is 24.3 Å². The Morgan fingerprint density at radius 1 is 1.40 bits per heavy atom. The van der Waals surface area contributed by atoms with Crippen LogP contribution in [0, 0.1) is 5.92 Å². The third-order valence-electron chi connectivity index (χ3n) is 1.77. The summed E-state index contributed by atoms with van der Waals surface area (Å²) in [6, 6.07) is 0. The fourth-order valence-corrected chi connectivity index (χ4v) is 1.19. The van der Waals surface area contributed by atoms with Crippen LogP contribution in [0.5, 0.6) is 0 Å². The molecule has 0 amide bonds. The molecule has 0 aromatic rings. The Labute approximate surface area is 61.4 Å². The number of allylic oxidation sites excluding steroid dienone is 4. The van der Waals surface area contributed by atoms with Gasteiger partial charge in [-0.25, -0.2) is 0 Å². The Morgan fingerprint density at radius 2 is 2.30 bits per heavy atom.